The van der Waals surface area contributed by atoms with Gasteiger partial charge in [0.25, 0.3) is 5.91 Å². The molecule has 0 saturated carbocycles. The second-order valence-corrected chi connectivity index (χ2v) is 9.36. The van der Waals surface area contributed by atoms with E-state index in [4.69, 9.17) is 19.9 Å². The summed E-state index contributed by atoms with van der Waals surface area (Å²) in [5, 5.41) is 2.54. The molecule has 9 heteroatoms. The Hall–Kier alpha value is -2.41. The van der Waals surface area contributed by atoms with Crippen LogP contribution >= 0.6 is 9.24 Å². The molecule has 0 aliphatic carbocycles. The molecule has 3 rings (SSSR count). The first kappa shape index (κ1) is 25.2. The molecule has 1 saturated heterocycles. The maximum atomic E-state index is 13.1. The number of likely N-dealkylation sites (tertiary alicyclic amines) is 1. The van der Waals surface area contributed by atoms with Crippen LogP contribution in [0.3, 0.4) is 0 Å². The van der Waals surface area contributed by atoms with Crippen LogP contribution in [0.1, 0.15) is 28.8 Å². The Kier molecular flexibility index (Phi) is 8.51. The van der Waals surface area contributed by atoms with E-state index in [1.807, 2.05) is 6.92 Å². The number of nitrogens with one attached hydrogen (secondary N) is 1. The number of piperidine rings is 1. The van der Waals surface area contributed by atoms with Crippen molar-refractivity contribution in [1.29, 1.82) is 0 Å². The number of rotatable bonds is 9. The number of nitrogen functional groups attached to an aromatic ring is 1. The third kappa shape index (κ3) is 6.34. The largest absolute Gasteiger partial charge is 0.496 e. The van der Waals surface area contributed by atoms with Gasteiger partial charge < -0.3 is 30.2 Å². The summed E-state index contributed by atoms with van der Waals surface area (Å²) in [5.41, 5.74) is 7.80. The molecule has 7 nitrogen and oxygen atoms in total. The zero-order chi connectivity index (χ0) is 24.0. The van der Waals surface area contributed by atoms with Crippen LogP contribution in [-0.2, 0) is 4.74 Å². The van der Waals surface area contributed by atoms with Gasteiger partial charge in [-0.25, -0.2) is 4.39 Å². The Labute approximate surface area is 197 Å². The van der Waals surface area contributed by atoms with Crippen LogP contribution in [0.15, 0.2) is 36.4 Å². The molecule has 2 aromatic carbocycles. The van der Waals surface area contributed by atoms with Crippen molar-refractivity contribution in [1.82, 2.24) is 10.2 Å². The van der Waals surface area contributed by atoms with E-state index in [0.717, 1.165) is 25.1 Å². The van der Waals surface area contributed by atoms with Crippen LogP contribution < -0.4 is 20.5 Å². The van der Waals surface area contributed by atoms with Crippen molar-refractivity contribution < 1.29 is 23.4 Å². The van der Waals surface area contributed by atoms with E-state index in [2.05, 4.69) is 19.5 Å². The number of carbonyl (C=O) groups is 1. The number of anilines is 1. The monoisotopic (exact) mass is 477 g/mol. The summed E-state index contributed by atoms with van der Waals surface area (Å²) in [5.74, 6) is 0.592. The van der Waals surface area contributed by atoms with Crippen LogP contribution in [0.4, 0.5) is 10.1 Å². The molecule has 2 aromatic rings. The maximum absolute atomic E-state index is 13.1. The van der Waals surface area contributed by atoms with Crippen LogP contribution in [-0.4, -0.2) is 62.7 Å². The van der Waals surface area contributed by atoms with Crippen LogP contribution in [0.5, 0.6) is 11.5 Å². The summed E-state index contributed by atoms with van der Waals surface area (Å²) in [6.07, 6.45) is 1.32. The number of amides is 1. The molecular weight excluding hydrogens is 444 g/mol. The maximum Gasteiger partial charge on any atom is 0.255 e. The number of methoxy groups -OCH3 is 2. The zero-order valence-electron chi connectivity index (χ0n) is 19.4. The first-order valence-electron chi connectivity index (χ1n) is 10.9. The van der Waals surface area contributed by atoms with Crippen LogP contribution in [0.2, 0.25) is 0 Å². The number of nitrogens with zero attached hydrogens (tertiary/aromatic N) is 1. The molecule has 0 bridgehead atoms. The second-order valence-electron chi connectivity index (χ2n) is 8.33. The Morgan fingerprint density at radius 3 is 2.70 bits per heavy atom. The number of carbonyl (C=O) groups excluding carboxylic acids is 1. The highest BCUT2D eigenvalue weighted by molar-refractivity contribution is 7.19. The number of hydrogen-bond donors (Lipinski definition) is 2. The lowest BCUT2D eigenvalue weighted by Crippen LogP contribution is -2.61. The minimum atomic E-state index is -0.604. The van der Waals surface area contributed by atoms with Gasteiger partial charge in [-0.1, -0.05) is 0 Å². The molecule has 3 N–H and O–H groups in total. The van der Waals surface area contributed by atoms with E-state index in [-0.39, 0.29) is 17.8 Å². The molecule has 1 fully saturated rings. The van der Waals surface area contributed by atoms with Gasteiger partial charge in [0.15, 0.2) is 0 Å². The van der Waals surface area contributed by atoms with Crippen molar-refractivity contribution in [2.45, 2.75) is 31.1 Å². The van der Waals surface area contributed by atoms with Gasteiger partial charge >= 0.3 is 0 Å². The molecule has 1 aliphatic rings. The molecule has 0 aromatic heterocycles. The summed E-state index contributed by atoms with van der Waals surface area (Å²) < 4.78 is 29.8. The fraction of sp³-hybridized carbons (Fsp3) is 0.458. The molecule has 1 amide bonds. The van der Waals surface area contributed by atoms with E-state index < -0.39 is 5.28 Å². The topological polar surface area (TPSA) is 86.0 Å². The fourth-order valence-corrected chi connectivity index (χ4v) is 4.46. The quantitative estimate of drug-likeness (QED) is 0.328. The number of aryl methyl sites for hydroxylation is 1. The Morgan fingerprint density at radius 2 is 2.03 bits per heavy atom. The Bertz CT molecular complexity index is 959. The van der Waals surface area contributed by atoms with E-state index in [0.29, 0.717) is 42.3 Å². The summed E-state index contributed by atoms with van der Waals surface area (Å²) in [6, 6.07) is 9.44. The average molecular weight is 478 g/mol. The van der Waals surface area contributed by atoms with Crippen molar-refractivity contribution >= 4 is 20.8 Å². The standard InChI is InChI=1S/C24H33FN3O4P/c1-16-13-19(21(30-2)14-20(16)26)23(29)27-24(33)9-11-28(15-22(24)31-3)10-4-12-32-18-7-5-17(25)6-8-18/h5-8,13-14,22H,4,9-12,15,26,33H2,1-3H3,(H,27,29). The van der Waals surface area contributed by atoms with Crippen molar-refractivity contribution in [2.75, 3.05) is 46.2 Å². The van der Waals surface area contributed by atoms with Gasteiger partial charge in [0, 0.05) is 38.5 Å². The van der Waals surface area contributed by atoms with Crippen molar-refractivity contribution in [3.63, 3.8) is 0 Å². The zero-order valence-corrected chi connectivity index (χ0v) is 20.6. The van der Waals surface area contributed by atoms with E-state index in [1.54, 1.807) is 31.4 Å². The molecule has 3 atom stereocenters. The minimum Gasteiger partial charge on any atom is -0.496 e. The number of hydrogen-bond acceptors (Lipinski definition) is 6. The highest BCUT2D eigenvalue weighted by atomic mass is 31.0. The number of benzene rings is 2. The van der Waals surface area contributed by atoms with Gasteiger partial charge in [-0.3, -0.25) is 4.79 Å². The van der Waals surface area contributed by atoms with Gasteiger partial charge in [0.1, 0.15) is 17.3 Å². The highest BCUT2D eigenvalue weighted by Crippen LogP contribution is 2.33. The van der Waals surface area contributed by atoms with Gasteiger partial charge in [-0.05, 0) is 55.7 Å². The average Bonchev–Trinajstić information content (AvgIpc) is 2.80. The molecule has 1 heterocycles. The van der Waals surface area contributed by atoms with Crippen molar-refractivity contribution in [3.05, 3.63) is 53.3 Å². The summed E-state index contributed by atoms with van der Waals surface area (Å²) in [7, 11) is 5.96. The highest BCUT2D eigenvalue weighted by Gasteiger charge is 2.41. The first-order chi connectivity index (χ1) is 15.8. The smallest absolute Gasteiger partial charge is 0.255 e. The van der Waals surface area contributed by atoms with E-state index in [1.165, 1.54) is 19.2 Å². The third-order valence-electron chi connectivity index (χ3n) is 6.00. The van der Waals surface area contributed by atoms with Gasteiger partial charge in [-0.15, -0.1) is 9.24 Å². The Balaban J connectivity index is 1.55. The van der Waals surface area contributed by atoms with E-state index in [9.17, 15) is 9.18 Å². The number of ether oxygens (including phenoxy) is 3. The lowest BCUT2D eigenvalue weighted by molar-refractivity contribution is -0.00686. The van der Waals surface area contributed by atoms with Crippen LogP contribution in [0, 0.1) is 12.7 Å². The lowest BCUT2D eigenvalue weighted by atomic mass is 9.99. The predicted octanol–water partition coefficient (Wildman–Crippen LogP) is 3.22. The summed E-state index contributed by atoms with van der Waals surface area (Å²) in [6.45, 7) is 4.71. The van der Waals surface area contributed by atoms with Gasteiger partial charge in [0.2, 0.25) is 0 Å². The number of halogens is 1. The minimum absolute atomic E-state index is 0.209. The fourth-order valence-electron chi connectivity index (χ4n) is 3.96. The van der Waals surface area contributed by atoms with Crippen molar-refractivity contribution in [2.24, 2.45) is 0 Å². The molecular formula is C24H33FN3O4P. The molecule has 0 spiro atoms. The molecule has 33 heavy (non-hydrogen) atoms. The molecule has 0 radical (unpaired) electrons. The SMILES string of the molecule is COc1cc(N)c(C)cc1C(=O)NC1(P)CCN(CCCOc2ccc(F)cc2)CC1OC. The molecule has 3 unspecified atom stereocenters. The molecule has 180 valence electrons. The summed E-state index contributed by atoms with van der Waals surface area (Å²) in [4.78, 5) is 15.4. The molecule has 1 aliphatic heterocycles. The van der Waals surface area contributed by atoms with Crippen molar-refractivity contribution in [3.8, 4) is 11.5 Å². The van der Waals surface area contributed by atoms with E-state index >= 15 is 0 Å². The second kappa shape index (κ2) is 11.1. The first-order valence-corrected chi connectivity index (χ1v) is 11.5. The predicted molar refractivity (Wildman–Crippen MR) is 130 cm³/mol. The normalized spacial score (nSPS) is 20.9. The van der Waals surface area contributed by atoms with Crippen LogP contribution in [0.25, 0.3) is 0 Å². The summed E-state index contributed by atoms with van der Waals surface area (Å²) >= 11 is 0. The Morgan fingerprint density at radius 1 is 1.30 bits per heavy atom. The van der Waals surface area contributed by atoms with Gasteiger partial charge in [-0.2, -0.15) is 0 Å². The third-order valence-corrected chi connectivity index (χ3v) is 6.81. The lowest BCUT2D eigenvalue weighted by Gasteiger charge is -2.45. The number of nitrogens with two attached hydrogens (primary N) is 1. The van der Waals surface area contributed by atoms with Gasteiger partial charge in [0.05, 0.1) is 30.7 Å².